The van der Waals surface area contributed by atoms with Crippen LogP contribution in [0.5, 0.6) is 0 Å². The van der Waals surface area contributed by atoms with Crippen molar-refractivity contribution in [2.45, 2.75) is 13.8 Å². The molecule has 0 aromatic rings. The Morgan fingerprint density at radius 1 is 1.00 bits per heavy atom. The van der Waals surface area contributed by atoms with Crippen LogP contribution in [0.15, 0.2) is 0 Å². The van der Waals surface area contributed by atoms with Gasteiger partial charge in [0.25, 0.3) is 11.9 Å². The summed E-state index contributed by atoms with van der Waals surface area (Å²) in [5.41, 5.74) is 0. The summed E-state index contributed by atoms with van der Waals surface area (Å²) in [4.78, 5) is 27.1. The van der Waals surface area contributed by atoms with Gasteiger partial charge < -0.3 is 20.7 Å². The Morgan fingerprint density at radius 3 is 1.07 bits per heavy atom. The molecule has 78 valence electrons. The van der Waals surface area contributed by atoms with E-state index in [0.29, 0.717) is 6.21 Å². The summed E-state index contributed by atoms with van der Waals surface area (Å²) in [5, 5.41) is 28.2. The zero-order valence-corrected chi connectivity index (χ0v) is 7.14. The molecule has 0 bridgehead atoms. The molecule has 4 N–H and O–H groups in total. The van der Waals surface area contributed by atoms with Crippen LogP contribution in [-0.2, 0) is 14.4 Å². The summed E-state index contributed by atoms with van der Waals surface area (Å²) in [6.07, 6.45) is 0.333. The topological polar surface area (TPSA) is 136 Å². The van der Waals surface area contributed by atoms with Crippen molar-refractivity contribution in [3.05, 3.63) is 0 Å². The number of carboxylic acids is 3. The van der Waals surface area contributed by atoms with E-state index in [0.717, 1.165) is 13.8 Å². The van der Waals surface area contributed by atoms with Crippen molar-refractivity contribution in [1.29, 1.82) is 5.41 Å². The predicted octanol–water partition coefficient (Wildman–Crippen LogP) is -0.746. The molecule has 0 fully saturated rings. The summed E-state index contributed by atoms with van der Waals surface area (Å²) >= 11 is 0. The number of hydrogen-bond donors (Lipinski definition) is 4. The van der Waals surface area contributed by atoms with Crippen molar-refractivity contribution in [3.8, 4) is 0 Å². The zero-order valence-electron chi connectivity index (χ0n) is 7.14. The van der Waals surface area contributed by atoms with E-state index >= 15 is 0 Å². The molecule has 7 nitrogen and oxygen atoms in total. The average molecular weight is 217 g/mol. The van der Waals surface area contributed by atoms with E-state index in [1.54, 1.807) is 0 Å². The molecule has 0 saturated carbocycles. The molecule has 0 heterocycles. The Bertz CT molecular complexity index is 173. The van der Waals surface area contributed by atoms with Gasteiger partial charge in [-0.3, -0.25) is 9.59 Å². The van der Waals surface area contributed by atoms with Crippen LogP contribution in [0.1, 0.15) is 13.8 Å². The molecule has 8 heteroatoms. The fraction of sp³-hybridized carbons (Fsp3) is 0.333. The number of nitrogens with one attached hydrogen (secondary N) is 1. The molecule has 0 aliphatic carbocycles. The number of carbonyl (C=O) groups is 3. The van der Waals surface area contributed by atoms with Crippen LogP contribution >= 0.6 is 0 Å². The van der Waals surface area contributed by atoms with E-state index in [9.17, 15) is 0 Å². The number of hydrogen-bond acceptors (Lipinski definition) is 4. The van der Waals surface area contributed by atoms with E-state index in [4.69, 9.17) is 35.1 Å². The summed E-state index contributed by atoms with van der Waals surface area (Å²) in [5.74, 6) is -2.87. The molecule has 0 atom stereocenters. The van der Waals surface area contributed by atoms with Crippen molar-refractivity contribution in [2.75, 3.05) is 0 Å². The van der Waals surface area contributed by atoms with Gasteiger partial charge in [-0.2, -0.15) is 0 Å². The molecule has 0 rings (SSSR count). The summed E-state index contributed by atoms with van der Waals surface area (Å²) in [7, 11) is 0. The molecule has 0 aromatic heterocycles. The van der Waals surface area contributed by atoms with E-state index in [1.807, 2.05) is 0 Å². The third kappa shape index (κ3) is 965. The third-order valence-electron chi connectivity index (χ3n) is 0.123. The van der Waals surface area contributed by atoms with Gasteiger partial charge in [0, 0.05) is 13.8 Å². The average Bonchev–Trinajstić information content (AvgIpc) is 1.84. The van der Waals surface area contributed by atoms with Crippen molar-refractivity contribution in [1.82, 2.24) is 0 Å². The molecule has 0 radical (unpaired) electrons. The summed E-state index contributed by atoms with van der Waals surface area (Å²) < 4.78 is 0. The van der Waals surface area contributed by atoms with E-state index in [2.05, 4.69) is 0 Å². The second kappa shape index (κ2) is 18.0. The first kappa shape index (κ1) is 23.2. The fourth-order valence-electron chi connectivity index (χ4n) is 0. The van der Waals surface area contributed by atoms with Crippen molar-refractivity contribution < 1.29 is 29.7 Å². The van der Waals surface area contributed by atoms with Gasteiger partial charge in [0.1, 0.15) is 6.21 Å². The third-order valence-corrected chi connectivity index (χ3v) is 0.123. The first-order valence-corrected chi connectivity index (χ1v) is 2.86. The standard InChI is InChI=1S/C2H3NO2.2C2H4O2.Na.H/c3-1-2(4)5;2*1-2(3)4;;/h1,3H,(H,4,5);2*1H3,(H,3,4);;. The monoisotopic (exact) mass is 217 g/mol. The summed E-state index contributed by atoms with van der Waals surface area (Å²) in [6, 6.07) is 0. The molecule has 0 aliphatic rings. The number of rotatable bonds is 1. The van der Waals surface area contributed by atoms with Crippen LogP contribution < -0.4 is 0 Å². The fourth-order valence-corrected chi connectivity index (χ4v) is 0. The molecule has 0 amide bonds. The van der Waals surface area contributed by atoms with Gasteiger partial charge in [-0.05, 0) is 0 Å². The van der Waals surface area contributed by atoms with Crippen molar-refractivity contribution in [2.24, 2.45) is 0 Å². The van der Waals surface area contributed by atoms with Gasteiger partial charge in [0.2, 0.25) is 0 Å². The molecule has 0 unspecified atom stereocenters. The van der Waals surface area contributed by atoms with E-state index < -0.39 is 17.9 Å². The first-order chi connectivity index (χ1) is 5.73. The second-order valence-corrected chi connectivity index (χ2v) is 1.52. The van der Waals surface area contributed by atoms with Gasteiger partial charge in [-0.1, -0.05) is 0 Å². The van der Waals surface area contributed by atoms with Gasteiger partial charge in [0.05, 0.1) is 0 Å². The van der Waals surface area contributed by atoms with Gasteiger partial charge in [-0.15, -0.1) is 0 Å². The normalized spacial score (nSPS) is 5.86. The van der Waals surface area contributed by atoms with Gasteiger partial charge in [0.15, 0.2) is 0 Å². The first-order valence-electron chi connectivity index (χ1n) is 2.86. The van der Waals surface area contributed by atoms with Crippen LogP contribution in [0, 0.1) is 5.41 Å². The number of aliphatic carboxylic acids is 3. The van der Waals surface area contributed by atoms with E-state index in [1.165, 1.54) is 0 Å². The maximum atomic E-state index is 9.12. The van der Waals surface area contributed by atoms with Gasteiger partial charge >= 0.3 is 35.5 Å². The summed E-state index contributed by atoms with van der Waals surface area (Å²) in [6.45, 7) is 2.17. The Balaban J connectivity index is -0.0000000522. The van der Waals surface area contributed by atoms with Crippen LogP contribution in [0.2, 0.25) is 0 Å². The molecule has 0 spiro atoms. The Morgan fingerprint density at radius 2 is 1.07 bits per heavy atom. The quantitative estimate of drug-likeness (QED) is 0.337. The second-order valence-electron chi connectivity index (χ2n) is 1.52. The molecule has 14 heavy (non-hydrogen) atoms. The minimum absolute atomic E-state index is 0. The predicted molar refractivity (Wildman–Crippen MR) is 50.2 cm³/mol. The van der Waals surface area contributed by atoms with Crippen LogP contribution in [0.4, 0.5) is 0 Å². The Hall–Kier alpha value is -0.920. The Kier molecular flexibility index (Phi) is 29.7. The minimum atomic E-state index is -1.20. The molecular formula is C6H12NNaO6. The molecule has 0 saturated heterocycles. The van der Waals surface area contributed by atoms with Crippen LogP contribution in [-0.4, -0.2) is 69.0 Å². The SMILES string of the molecule is CC(=O)O.CC(=O)O.N=CC(=O)O.[NaH]. The van der Waals surface area contributed by atoms with Crippen molar-refractivity contribution in [3.63, 3.8) is 0 Å². The molecule has 0 aliphatic heterocycles. The number of carboxylic acid groups (broad SMARTS) is 3. The van der Waals surface area contributed by atoms with Crippen LogP contribution in [0.25, 0.3) is 0 Å². The van der Waals surface area contributed by atoms with Crippen LogP contribution in [0.3, 0.4) is 0 Å². The molecule has 0 aromatic carbocycles. The maximum absolute atomic E-state index is 9.12. The zero-order chi connectivity index (χ0) is 11.4. The Labute approximate surface area is 103 Å². The molecular weight excluding hydrogens is 205 g/mol. The van der Waals surface area contributed by atoms with E-state index in [-0.39, 0.29) is 29.6 Å². The van der Waals surface area contributed by atoms with Gasteiger partial charge in [-0.25, -0.2) is 4.79 Å². The van der Waals surface area contributed by atoms with Crippen molar-refractivity contribution >= 4 is 53.7 Å².